The quantitative estimate of drug-likeness (QED) is 0.204. The van der Waals surface area contributed by atoms with Crippen LogP contribution in [0.2, 0.25) is 0 Å². The highest BCUT2D eigenvalue weighted by molar-refractivity contribution is 5.92. The van der Waals surface area contributed by atoms with Gasteiger partial charge in [0.25, 0.3) is 0 Å². The molecule has 0 unspecified atom stereocenters. The summed E-state index contributed by atoms with van der Waals surface area (Å²) >= 11 is 0. The minimum absolute atomic E-state index is 0.0175. The Morgan fingerprint density at radius 3 is 1.91 bits per heavy atom. The number of rotatable bonds is 8. The van der Waals surface area contributed by atoms with E-state index in [1.807, 2.05) is 52.8 Å². The van der Waals surface area contributed by atoms with E-state index in [-0.39, 0.29) is 11.8 Å². The SMILES string of the molecule is CC.Cc1cnc(-c2cc(NC(=O)CC3CCC3)ccc2C)o1.Cc1coc(-c2cc(NC(=O)CC3CCC3)ccc2C#N)n1. The number of carbonyl (C=O) groups excluding carboxylic acids is 2. The lowest BCUT2D eigenvalue weighted by Crippen LogP contribution is -2.20. The summed E-state index contributed by atoms with van der Waals surface area (Å²) in [4.78, 5) is 32.5. The van der Waals surface area contributed by atoms with Gasteiger partial charge in [0.15, 0.2) is 0 Å². The summed E-state index contributed by atoms with van der Waals surface area (Å²) in [5, 5.41) is 15.1. The zero-order valence-electron chi connectivity index (χ0n) is 26.9. The number of aryl methyl sites for hydroxylation is 3. The molecule has 9 heteroatoms. The number of nitrogens with one attached hydrogen (secondary N) is 2. The van der Waals surface area contributed by atoms with Gasteiger partial charge < -0.3 is 19.5 Å². The standard InChI is InChI=1S/C17H17N3O2.C17H20N2O2.C2H6/c1-11-10-22-17(19-11)15-8-14(6-5-13(15)9-18)20-16(21)7-12-3-2-4-12;1-11-6-7-14(19-16(20)8-13-4-3-5-13)9-15(11)17-18-10-12(2)21-17;1-2/h5-6,8,10,12H,2-4,7H2,1H3,(H,20,21);6-7,9-10,13H,3-5,8H2,1-2H3,(H,19,20);1-2H3. The molecule has 9 nitrogen and oxygen atoms in total. The van der Waals surface area contributed by atoms with Crippen LogP contribution in [-0.4, -0.2) is 21.8 Å². The van der Waals surface area contributed by atoms with Gasteiger partial charge in [0.05, 0.1) is 29.1 Å². The van der Waals surface area contributed by atoms with Crippen LogP contribution < -0.4 is 10.6 Å². The predicted molar refractivity (Wildman–Crippen MR) is 175 cm³/mol. The molecule has 2 aromatic carbocycles. The summed E-state index contributed by atoms with van der Waals surface area (Å²) in [6.07, 6.45) is 11.6. The maximum absolute atomic E-state index is 12.0. The topological polar surface area (TPSA) is 134 Å². The first-order valence-electron chi connectivity index (χ1n) is 15.9. The maximum Gasteiger partial charge on any atom is 0.227 e. The molecule has 4 aromatic rings. The molecule has 6 rings (SSSR count). The molecule has 2 aromatic heterocycles. The van der Waals surface area contributed by atoms with Crippen molar-refractivity contribution >= 4 is 23.2 Å². The van der Waals surface area contributed by atoms with Gasteiger partial charge in [0.1, 0.15) is 12.0 Å². The minimum atomic E-state index is 0.0175. The van der Waals surface area contributed by atoms with Crippen LogP contribution in [0.4, 0.5) is 11.4 Å². The van der Waals surface area contributed by atoms with Crippen molar-refractivity contribution in [3.63, 3.8) is 0 Å². The number of nitrogens with zero attached hydrogens (tertiary/aromatic N) is 3. The van der Waals surface area contributed by atoms with E-state index in [1.165, 1.54) is 25.7 Å². The van der Waals surface area contributed by atoms with Gasteiger partial charge in [0.2, 0.25) is 23.6 Å². The summed E-state index contributed by atoms with van der Waals surface area (Å²) in [7, 11) is 0. The van der Waals surface area contributed by atoms with Gasteiger partial charge in [-0.2, -0.15) is 5.26 Å². The third-order valence-corrected chi connectivity index (χ3v) is 8.04. The lowest BCUT2D eigenvalue weighted by atomic mass is 9.83. The Morgan fingerprint density at radius 2 is 1.44 bits per heavy atom. The summed E-state index contributed by atoms with van der Waals surface area (Å²) < 4.78 is 10.9. The van der Waals surface area contributed by atoms with Crippen molar-refractivity contribution in [2.75, 3.05) is 10.6 Å². The highest BCUT2D eigenvalue weighted by atomic mass is 16.4. The van der Waals surface area contributed by atoms with Crippen LogP contribution in [0.25, 0.3) is 22.9 Å². The van der Waals surface area contributed by atoms with Crippen molar-refractivity contribution < 1.29 is 18.4 Å². The van der Waals surface area contributed by atoms with Crippen LogP contribution in [-0.2, 0) is 9.59 Å². The molecule has 2 amide bonds. The summed E-state index contributed by atoms with van der Waals surface area (Å²) in [6, 6.07) is 13.1. The fraction of sp³-hybridized carbons (Fsp3) is 0.417. The van der Waals surface area contributed by atoms with Gasteiger partial charge in [-0.3, -0.25) is 9.59 Å². The summed E-state index contributed by atoms with van der Waals surface area (Å²) in [6.45, 7) is 9.70. The molecule has 45 heavy (non-hydrogen) atoms. The van der Waals surface area contributed by atoms with Gasteiger partial charge in [-0.15, -0.1) is 0 Å². The first-order chi connectivity index (χ1) is 21.8. The summed E-state index contributed by atoms with van der Waals surface area (Å²) in [5.41, 5.74) is 5.28. The molecular weight excluding hydrogens is 566 g/mol. The van der Waals surface area contributed by atoms with Gasteiger partial charge in [-0.25, -0.2) is 9.97 Å². The first-order valence-corrected chi connectivity index (χ1v) is 15.9. The Balaban J connectivity index is 0.000000194. The second kappa shape index (κ2) is 15.8. The molecule has 0 bridgehead atoms. The normalized spacial score (nSPS) is 14.0. The van der Waals surface area contributed by atoms with Crippen LogP contribution >= 0.6 is 0 Å². The predicted octanol–water partition coefficient (Wildman–Crippen LogP) is 8.76. The van der Waals surface area contributed by atoms with Gasteiger partial charge in [-0.1, -0.05) is 32.8 Å². The van der Waals surface area contributed by atoms with E-state index < -0.39 is 0 Å². The van der Waals surface area contributed by atoms with Gasteiger partial charge in [-0.05, 0) is 94.2 Å². The zero-order valence-corrected chi connectivity index (χ0v) is 26.9. The van der Waals surface area contributed by atoms with Crippen LogP contribution in [0.15, 0.2) is 57.7 Å². The van der Waals surface area contributed by atoms with Crippen molar-refractivity contribution in [2.45, 2.75) is 86.0 Å². The molecule has 0 radical (unpaired) electrons. The van der Waals surface area contributed by atoms with E-state index in [9.17, 15) is 14.9 Å². The molecule has 2 fully saturated rings. The lowest BCUT2D eigenvalue weighted by Gasteiger charge is -2.24. The van der Waals surface area contributed by atoms with Crippen molar-refractivity contribution in [1.29, 1.82) is 5.26 Å². The number of aromatic nitrogens is 2. The van der Waals surface area contributed by atoms with E-state index in [4.69, 9.17) is 8.83 Å². The Bertz CT molecular complexity index is 1640. The average Bonchev–Trinajstić information content (AvgIpc) is 3.63. The number of benzene rings is 2. The Morgan fingerprint density at radius 1 is 0.867 bits per heavy atom. The lowest BCUT2D eigenvalue weighted by molar-refractivity contribution is -0.118. The number of hydrogen-bond acceptors (Lipinski definition) is 7. The number of hydrogen-bond donors (Lipinski definition) is 2. The molecule has 0 aliphatic heterocycles. The van der Waals surface area contributed by atoms with E-state index in [1.54, 1.807) is 30.7 Å². The molecule has 2 aliphatic carbocycles. The fourth-order valence-corrected chi connectivity index (χ4v) is 5.13. The Labute approximate surface area is 265 Å². The minimum Gasteiger partial charge on any atom is -0.444 e. The second-order valence-corrected chi connectivity index (χ2v) is 11.6. The fourth-order valence-electron chi connectivity index (χ4n) is 5.13. The van der Waals surface area contributed by atoms with E-state index in [0.717, 1.165) is 41.1 Å². The number of amides is 2. The van der Waals surface area contributed by atoms with Gasteiger partial charge >= 0.3 is 0 Å². The second-order valence-electron chi connectivity index (χ2n) is 11.6. The maximum atomic E-state index is 12.0. The van der Waals surface area contributed by atoms with Crippen molar-refractivity contribution in [1.82, 2.24) is 9.97 Å². The highest BCUT2D eigenvalue weighted by Gasteiger charge is 2.22. The Hall–Kier alpha value is -4.71. The van der Waals surface area contributed by atoms with E-state index in [0.29, 0.717) is 53.3 Å². The number of oxazole rings is 2. The van der Waals surface area contributed by atoms with Crippen molar-refractivity contribution in [3.05, 3.63) is 71.4 Å². The van der Waals surface area contributed by atoms with Crippen LogP contribution in [0, 0.1) is 43.9 Å². The molecule has 236 valence electrons. The smallest absolute Gasteiger partial charge is 0.227 e. The summed E-state index contributed by atoms with van der Waals surface area (Å²) in [5.74, 6) is 2.98. The Kier molecular flexibility index (Phi) is 11.7. The third kappa shape index (κ3) is 9.15. The van der Waals surface area contributed by atoms with Crippen LogP contribution in [0.3, 0.4) is 0 Å². The number of nitriles is 1. The molecule has 2 aliphatic rings. The van der Waals surface area contributed by atoms with Gasteiger partial charge in [0, 0.05) is 29.8 Å². The van der Waals surface area contributed by atoms with Crippen molar-refractivity contribution in [3.8, 4) is 29.0 Å². The van der Waals surface area contributed by atoms with Crippen molar-refractivity contribution in [2.24, 2.45) is 11.8 Å². The van der Waals surface area contributed by atoms with E-state index in [2.05, 4.69) is 26.7 Å². The molecule has 0 atom stereocenters. The van der Waals surface area contributed by atoms with Crippen LogP contribution in [0.1, 0.15) is 87.8 Å². The largest absolute Gasteiger partial charge is 0.444 e. The molecule has 0 saturated heterocycles. The van der Waals surface area contributed by atoms with Crippen LogP contribution in [0.5, 0.6) is 0 Å². The molecule has 2 saturated carbocycles. The third-order valence-electron chi connectivity index (χ3n) is 8.04. The molecular formula is C36H43N5O4. The first kappa shape index (κ1) is 33.2. The zero-order chi connectivity index (χ0) is 32.3. The highest BCUT2D eigenvalue weighted by Crippen LogP contribution is 2.32. The monoisotopic (exact) mass is 609 g/mol. The molecule has 2 N–H and O–H groups in total. The van der Waals surface area contributed by atoms with E-state index >= 15 is 0 Å². The number of anilines is 2. The average molecular weight is 610 g/mol. The molecule has 2 heterocycles. The number of carbonyl (C=O) groups is 2. The molecule has 0 spiro atoms.